The molecule has 0 spiro atoms. The van der Waals surface area contributed by atoms with Gasteiger partial charge in [0.1, 0.15) is 0 Å². The van der Waals surface area contributed by atoms with Gasteiger partial charge in [0.15, 0.2) is 4.34 Å². The van der Waals surface area contributed by atoms with E-state index in [1.54, 1.807) is 13.0 Å². The predicted octanol–water partition coefficient (Wildman–Crippen LogP) is 4.27. The van der Waals surface area contributed by atoms with Crippen molar-refractivity contribution in [3.8, 4) is 0 Å². The lowest BCUT2D eigenvalue weighted by molar-refractivity contribution is -0.137. The van der Waals surface area contributed by atoms with Gasteiger partial charge in [-0.3, -0.25) is 4.79 Å². The molecule has 0 fully saturated rings. The number of carbonyl (C=O) groups excluding carboxylic acids is 1. The van der Waals surface area contributed by atoms with Gasteiger partial charge in [-0.2, -0.15) is 13.2 Å². The molecule has 2 N–H and O–H groups in total. The molecule has 5 nitrogen and oxygen atoms in total. The number of amides is 1. The fraction of sp³-hybridized carbons (Fsp3) is 0.267. The topological polar surface area (TPSA) is 66.9 Å². The summed E-state index contributed by atoms with van der Waals surface area (Å²) < 4.78 is 38.2. The Bertz CT molecular complexity index is 731. The second-order valence-corrected chi connectivity index (χ2v) is 7.43. The Hall–Kier alpha value is -2.07. The summed E-state index contributed by atoms with van der Waals surface area (Å²) in [5.74, 6) is -0.333. The molecule has 0 saturated heterocycles. The van der Waals surface area contributed by atoms with Crippen molar-refractivity contribution in [2.24, 2.45) is 0 Å². The Morgan fingerprint density at radius 1 is 1.36 bits per heavy atom. The van der Waals surface area contributed by atoms with Gasteiger partial charge < -0.3 is 10.6 Å². The summed E-state index contributed by atoms with van der Waals surface area (Å²) in [5.41, 5.74) is -0.461. The summed E-state index contributed by atoms with van der Waals surface area (Å²) in [6.45, 7) is 5.83. The molecule has 2 aromatic rings. The van der Waals surface area contributed by atoms with Gasteiger partial charge in [0.25, 0.3) is 0 Å². The molecule has 0 aliphatic heterocycles. The number of anilines is 2. The average molecular weight is 388 g/mol. The molecule has 0 saturated carbocycles. The van der Waals surface area contributed by atoms with E-state index in [2.05, 4.69) is 27.4 Å². The van der Waals surface area contributed by atoms with Crippen molar-refractivity contribution in [1.82, 2.24) is 10.2 Å². The monoisotopic (exact) mass is 388 g/mol. The van der Waals surface area contributed by atoms with E-state index in [0.29, 0.717) is 21.7 Å². The third-order valence-corrected chi connectivity index (χ3v) is 5.00. The van der Waals surface area contributed by atoms with Gasteiger partial charge in [-0.25, -0.2) is 0 Å². The number of nitrogens with one attached hydrogen (secondary N) is 2. The van der Waals surface area contributed by atoms with Gasteiger partial charge in [0, 0.05) is 12.2 Å². The molecule has 0 bridgehead atoms. The second-order valence-electron chi connectivity index (χ2n) is 4.87. The molecule has 25 heavy (non-hydrogen) atoms. The number of nitrogens with zero attached hydrogens (tertiary/aromatic N) is 2. The summed E-state index contributed by atoms with van der Waals surface area (Å²) in [5, 5.41) is 13.6. The highest BCUT2D eigenvalue weighted by Crippen LogP contribution is 2.31. The van der Waals surface area contributed by atoms with Crippen LogP contribution < -0.4 is 10.6 Å². The fourth-order valence-corrected chi connectivity index (χ4v) is 3.58. The molecule has 1 amide bonds. The minimum atomic E-state index is -4.40. The molecule has 134 valence electrons. The van der Waals surface area contributed by atoms with Gasteiger partial charge in [0.2, 0.25) is 11.0 Å². The van der Waals surface area contributed by atoms with Crippen LogP contribution in [0.25, 0.3) is 0 Å². The fourth-order valence-electron chi connectivity index (χ4n) is 1.68. The lowest BCUT2D eigenvalue weighted by Gasteiger charge is -2.11. The van der Waals surface area contributed by atoms with Crippen LogP contribution in [0.4, 0.5) is 24.0 Å². The predicted molar refractivity (Wildman–Crippen MR) is 94.0 cm³/mol. The zero-order chi connectivity index (χ0) is 18.4. The van der Waals surface area contributed by atoms with Crippen molar-refractivity contribution in [2.45, 2.75) is 22.7 Å². The first-order chi connectivity index (χ1) is 11.8. The van der Waals surface area contributed by atoms with E-state index in [1.165, 1.54) is 35.2 Å². The summed E-state index contributed by atoms with van der Waals surface area (Å²) in [7, 11) is 0. The number of aromatic nitrogens is 2. The molecule has 1 heterocycles. The van der Waals surface area contributed by atoms with Gasteiger partial charge in [-0.1, -0.05) is 29.2 Å². The smallest absolute Gasteiger partial charge is 0.357 e. The van der Waals surface area contributed by atoms with Gasteiger partial charge >= 0.3 is 6.18 Å². The zero-order valence-corrected chi connectivity index (χ0v) is 14.8. The summed E-state index contributed by atoms with van der Waals surface area (Å²) >= 11 is 2.53. The van der Waals surface area contributed by atoms with Gasteiger partial charge in [0.05, 0.1) is 10.8 Å². The number of benzene rings is 1. The molecule has 1 aromatic carbocycles. The van der Waals surface area contributed by atoms with Crippen LogP contribution in [0.1, 0.15) is 12.5 Å². The van der Waals surface area contributed by atoms with Crippen molar-refractivity contribution in [3.63, 3.8) is 0 Å². The largest absolute Gasteiger partial charge is 0.416 e. The standard InChI is InChI=1S/C15H15F3N4OS2/c1-3-8-19-13-21-22-14(25-13)24-9(2)12(23)20-11-6-4-10(5-7-11)15(16,17)18/h3-7,9H,1,8H2,2H3,(H,19,21)(H,20,23). The molecular formula is C15H15F3N4OS2. The van der Waals surface area contributed by atoms with Crippen molar-refractivity contribution in [3.05, 3.63) is 42.5 Å². The minimum absolute atomic E-state index is 0.302. The lowest BCUT2D eigenvalue weighted by atomic mass is 10.2. The number of hydrogen-bond donors (Lipinski definition) is 2. The van der Waals surface area contributed by atoms with Crippen LogP contribution in [0.2, 0.25) is 0 Å². The summed E-state index contributed by atoms with van der Waals surface area (Å²) in [4.78, 5) is 12.2. The van der Waals surface area contributed by atoms with Crippen LogP contribution in [-0.4, -0.2) is 27.9 Å². The summed E-state index contributed by atoms with van der Waals surface area (Å²) in [6.07, 6.45) is -2.71. The molecule has 10 heteroatoms. The maximum absolute atomic E-state index is 12.5. The van der Waals surface area contributed by atoms with Crippen LogP contribution in [0, 0.1) is 0 Å². The van der Waals surface area contributed by atoms with E-state index >= 15 is 0 Å². The lowest BCUT2D eigenvalue weighted by Crippen LogP contribution is -2.22. The van der Waals surface area contributed by atoms with Crippen molar-refractivity contribution in [2.75, 3.05) is 17.2 Å². The van der Waals surface area contributed by atoms with Crippen LogP contribution >= 0.6 is 23.1 Å². The number of rotatable bonds is 7. The Labute approximate surface area is 150 Å². The van der Waals surface area contributed by atoms with Crippen LogP contribution in [-0.2, 0) is 11.0 Å². The SMILES string of the molecule is C=CCNc1nnc(SC(C)C(=O)Nc2ccc(C(F)(F)F)cc2)s1. The van der Waals surface area contributed by atoms with Crippen LogP contribution in [0.3, 0.4) is 0 Å². The quantitative estimate of drug-likeness (QED) is 0.548. The van der Waals surface area contributed by atoms with Gasteiger partial charge in [-0.15, -0.1) is 16.8 Å². The van der Waals surface area contributed by atoms with Crippen LogP contribution in [0.15, 0.2) is 41.3 Å². The van der Waals surface area contributed by atoms with Gasteiger partial charge in [-0.05, 0) is 31.2 Å². The molecule has 0 aliphatic carbocycles. The molecule has 2 rings (SSSR count). The highest BCUT2D eigenvalue weighted by molar-refractivity contribution is 8.02. The van der Waals surface area contributed by atoms with E-state index in [0.717, 1.165) is 12.1 Å². The maximum Gasteiger partial charge on any atom is 0.416 e. The van der Waals surface area contributed by atoms with E-state index < -0.39 is 17.0 Å². The van der Waals surface area contributed by atoms with E-state index in [4.69, 9.17) is 0 Å². The first-order valence-electron chi connectivity index (χ1n) is 7.12. The number of hydrogen-bond acceptors (Lipinski definition) is 6. The minimum Gasteiger partial charge on any atom is -0.357 e. The van der Waals surface area contributed by atoms with E-state index in [9.17, 15) is 18.0 Å². The molecule has 1 atom stereocenters. The molecular weight excluding hydrogens is 373 g/mol. The Kier molecular flexibility index (Phi) is 6.43. The average Bonchev–Trinajstić information content (AvgIpc) is 3.00. The Morgan fingerprint density at radius 3 is 2.64 bits per heavy atom. The van der Waals surface area contributed by atoms with E-state index in [-0.39, 0.29) is 5.91 Å². The first-order valence-corrected chi connectivity index (χ1v) is 8.82. The van der Waals surface area contributed by atoms with Crippen LogP contribution in [0.5, 0.6) is 0 Å². The first kappa shape index (κ1) is 19.3. The number of carbonyl (C=O) groups is 1. The third kappa shape index (κ3) is 5.75. The maximum atomic E-state index is 12.5. The van der Waals surface area contributed by atoms with E-state index in [1.807, 2.05) is 0 Å². The number of halogens is 3. The summed E-state index contributed by atoms with van der Waals surface area (Å²) in [6, 6.07) is 4.30. The number of alkyl halides is 3. The number of thioether (sulfide) groups is 1. The highest BCUT2D eigenvalue weighted by Gasteiger charge is 2.30. The zero-order valence-electron chi connectivity index (χ0n) is 13.1. The van der Waals surface area contributed by atoms with Crippen molar-refractivity contribution < 1.29 is 18.0 Å². The normalized spacial score (nSPS) is 12.5. The molecule has 1 unspecified atom stereocenters. The second kappa shape index (κ2) is 8.34. The highest BCUT2D eigenvalue weighted by atomic mass is 32.2. The Morgan fingerprint density at radius 2 is 2.04 bits per heavy atom. The Balaban J connectivity index is 1.91. The molecule has 0 aliphatic rings. The van der Waals surface area contributed by atoms with Crippen molar-refractivity contribution in [1.29, 1.82) is 0 Å². The molecule has 1 aromatic heterocycles. The van der Waals surface area contributed by atoms with Crippen molar-refractivity contribution >= 4 is 39.8 Å². The molecule has 0 radical (unpaired) electrons. The third-order valence-electron chi connectivity index (χ3n) is 2.93.